The molecular weight excluding hydrogens is 191 g/mol. The van der Waals surface area contributed by atoms with Crippen LogP contribution in [0.3, 0.4) is 0 Å². The van der Waals surface area contributed by atoms with E-state index >= 15 is 0 Å². The first-order valence-electron chi connectivity index (χ1n) is 6.56. The van der Waals surface area contributed by atoms with Crippen LogP contribution in [-0.4, -0.2) is 17.9 Å². The lowest BCUT2D eigenvalue weighted by Gasteiger charge is -2.07. The first-order valence-corrected chi connectivity index (χ1v) is 6.56. The number of aliphatic hydroxyl groups is 1. The average molecular weight is 218 g/mol. The van der Waals surface area contributed by atoms with Crippen molar-refractivity contribution in [2.75, 3.05) is 6.61 Å². The van der Waals surface area contributed by atoms with E-state index in [1.165, 1.54) is 32.1 Å². The molecule has 0 radical (unpaired) electrons. The van der Waals surface area contributed by atoms with Crippen LogP contribution < -0.4 is 0 Å². The van der Waals surface area contributed by atoms with Gasteiger partial charge in [-0.05, 0) is 25.7 Å². The van der Waals surface area contributed by atoms with Gasteiger partial charge >= 0.3 is 0 Å². The van der Waals surface area contributed by atoms with E-state index in [0.29, 0.717) is 6.42 Å². The topological polar surface area (TPSA) is 20.2 Å². The van der Waals surface area contributed by atoms with Crippen molar-refractivity contribution in [1.82, 2.24) is 0 Å². The third kappa shape index (κ3) is 11.8. The molecule has 0 aliphatic carbocycles. The van der Waals surface area contributed by atoms with Crippen molar-refractivity contribution in [1.29, 1.82) is 0 Å². The molecular formula is C13H27FO. The molecule has 1 N–H and O–H groups in total. The Labute approximate surface area is 94.1 Å². The number of aliphatic hydroxyl groups excluding tert-OH is 1. The maximum absolute atomic E-state index is 13.2. The Morgan fingerprint density at radius 2 is 1.40 bits per heavy atom. The fraction of sp³-hybridized carbons (Fsp3) is 1.00. The predicted molar refractivity (Wildman–Crippen MR) is 63.8 cm³/mol. The van der Waals surface area contributed by atoms with Crippen LogP contribution in [0.25, 0.3) is 0 Å². The Morgan fingerprint density at radius 3 is 2.00 bits per heavy atom. The molecule has 0 unspecified atom stereocenters. The van der Waals surface area contributed by atoms with Crippen molar-refractivity contribution in [3.05, 3.63) is 0 Å². The number of hydrogen-bond acceptors (Lipinski definition) is 1. The fourth-order valence-corrected chi connectivity index (χ4v) is 1.77. The molecule has 0 aromatic carbocycles. The maximum Gasteiger partial charge on any atom is 0.100 e. The van der Waals surface area contributed by atoms with Gasteiger partial charge in [0.15, 0.2) is 0 Å². The molecule has 0 aromatic rings. The van der Waals surface area contributed by atoms with Gasteiger partial charge in [-0.25, -0.2) is 4.39 Å². The van der Waals surface area contributed by atoms with Gasteiger partial charge in [-0.2, -0.15) is 0 Å². The molecule has 0 aliphatic heterocycles. The quantitative estimate of drug-likeness (QED) is 0.514. The van der Waals surface area contributed by atoms with E-state index in [4.69, 9.17) is 5.11 Å². The molecule has 0 heterocycles. The highest BCUT2D eigenvalue weighted by molar-refractivity contribution is 4.57. The normalized spacial score (nSPS) is 13.0. The van der Waals surface area contributed by atoms with Crippen molar-refractivity contribution in [3.8, 4) is 0 Å². The van der Waals surface area contributed by atoms with Crippen molar-refractivity contribution in [3.63, 3.8) is 0 Å². The van der Waals surface area contributed by atoms with Gasteiger partial charge in [-0.15, -0.1) is 0 Å². The van der Waals surface area contributed by atoms with Crippen molar-refractivity contribution < 1.29 is 9.50 Å². The Hall–Kier alpha value is -0.110. The standard InChI is InChI=1S/C13H27FO/c1-2-3-4-5-6-7-10-13(14)11-8-9-12-15/h13,15H,2-12H2,1H3/t13-/m0/s1. The minimum atomic E-state index is -0.636. The first-order chi connectivity index (χ1) is 7.31. The lowest BCUT2D eigenvalue weighted by molar-refractivity contribution is 0.251. The molecule has 1 atom stereocenters. The van der Waals surface area contributed by atoms with Crippen LogP contribution in [0.2, 0.25) is 0 Å². The van der Waals surface area contributed by atoms with Gasteiger partial charge in [-0.1, -0.05) is 45.4 Å². The summed E-state index contributed by atoms with van der Waals surface area (Å²) < 4.78 is 13.2. The zero-order valence-corrected chi connectivity index (χ0v) is 10.2. The van der Waals surface area contributed by atoms with Gasteiger partial charge in [0, 0.05) is 6.61 Å². The van der Waals surface area contributed by atoms with E-state index in [2.05, 4.69) is 6.92 Å². The van der Waals surface area contributed by atoms with Crippen LogP contribution in [0, 0.1) is 0 Å². The number of halogens is 1. The van der Waals surface area contributed by atoms with Crippen molar-refractivity contribution in [2.45, 2.75) is 77.3 Å². The predicted octanol–water partition coefficient (Wildman–Crippen LogP) is 4.24. The summed E-state index contributed by atoms with van der Waals surface area (Å²) in [5.74, 6) is 0. The fourth-order valence-electron chi connectivity index (χ4n) is 1.77. The SMILES string of the molecule is CCCCCCCC[C@H](F)CCCCO. The second-order valence-corrected chi connectivity index (χ2v) is 4.37. The first kappa shape index (κ1) is 14.9. The van der Waals surface area contributed by atoms with Gasteiger partial charge in [0.2, 0.25) is 0 Å². The lowest BCUT2D eigenvalue weighted by Crippen LogP contribution is -2.00. The largest absolute Gasteiger partial charge is 0.396 e. The summed E-state index contributed by atoms with van der Waals surface area (Å²) in [4.78, 5) is 0. The molecule has 0 aromatic heterocycles. The minimum Gasteiger partial charge on any atom is -0.396 e. The Morgan fingerprint density at radius 1 is 0.867 bits per heavy atom. The zero-order chi connectivity index (χ0) is 11.4. The highest BCUT2D eigenvalue weighted by Crippen LogP contribution is 2.14. The minimum absolute atomic E-state index is 0.198. The summed E-state index contributed by atoms with van der Waals surface area (Å²) in [6.07, 6.45) is 9.65. The number of rotatable bonds is 11. The molecule has 0 bridgehead atoms. The van der Waals surface area contributed by atoms with Crippen LogP contribution in [0.1, 0.15) is 71.1 Å². The second-order valence-electron chi connectivity index (χ2n) is 4.37. The van der Waals surface area contributed by atoms with E-state index in [0.717, 1.165) is 25.7 Å². The molecule has 0 fully saturated rings. The summed E-state index contributed by atoms with van der Waals surface area (Å²) in [5, 5.41) is 8.55. The third-order valence-corrected chi connectivity index (χ3v) is 2.80. The van der Waals surface area contributed by atoms with Gasteiger partial charge in [0.25, 0.3) is 0 Å². The molecule has 0 amide bonds. The van der Waals surface area contributed by atoms with Crippen LogP contribution in [0.5, 0.6) is 0 Å². The summed E-state index contributed by atoms with van der Waals surface area (Å²) in [6.45, 7) is 2.41. The second kappa shape index (κ2) is 12.0. The van der Waals surface area contributed by atoms with Crippen LogP contribution in [0.4, 0.5) is 4.39 Å². The molecule has 0 rings (SSSR count). The molecule has 0 saturated heterocycles. The van der Waals surface area contributed by atoms with Crippen LogP contribution in [0.15, 0.2) is 0 Å². The van der Waals surface area contributed by atoms with E-state index in [9.17, 15) is 4.39 Å². The zero-order valence-electron chi connectivity index (χ0n) is 10.2. The van der Waals surface area contributed by atoms with E-state index < -0.39 is 6.17 Å². The monoisotopic (exact) mass is 218 g/mol. The number of hydrogen-bond donors (Lipinski definition) is 1. The molecule has 0 saturated carbocycles. The van der Waals surface area contributed by atoms with E-state index in [-0.39, 0.29) is 6.61 Å². The van der Waals surface area contributed by atoms with E-state index in [1.807, 2.05) is 0 Å². The third-order valence-electron chi connectivity index (χ3n) is 2.80. The van der Waals surface area contributed by atoms with Crippen molar-refractivity contribution in [2.24, 2.45) is 0 Å². The highest BCUT2D eigenvalue weighted by Gasteiger charge is 2.05. The Kier molecular flexibility index (Phi) is 11.9. The molecule has 0 aliphatic rings. The van der Waals surface area contributed by atoms with Gasteiger partial charge < -0.3 is 5.11 Å². The summed E-state index contributed by atoms with van der Waals surface area (Å²) >= 11 is 0. The van der Waals surface area contributed by atoms with Crippen molar-refractivity contribution >= 4 is 0 Å². The van der Waals surface area contributed by atoms with E-state index in [1.54, 1.807) is 0 Å². The smallest absolute Gasteiger partial charge is 0.100 e. The summed E-state index contributed by atoms with van der Waals surface area (Å²) in [5.41, 5.74) is 0. The summed E-state index contributed by atoms with van der Waals surface area (Å²) in [7, 11) is 0. The average Bonchev–Trinajstić information content (AvgIpc) is 2.23. The summed E-state index contributed by atoms with van der Waals surface area (Å²) in [6, 6.07) is 0. The van der Waals surface area contributed by atoms with Gasteiger partial charge in [0.1, 0.15) is 6.17 Å². The van der Waals surface area contributed by atoms with Crippen LogP contribution >= 0.6 is 0 Å². The molecule has 1 nitrogen and oxygen atoms in total. The number of alkyl halides is 1. The molecule has 15 heavy (non-hydrogen) atoms. The molecule has 92 valence electrons. The highest BCUT2D eigenvalue weighted by atomic mass is 19.1. The van der Waals surface area contributed by atoms with Gasteiger partial charge in [-0.3, -0.25) is 0 Å². The van der Waals surface area contributed by atoms with Gasteiger partial charge in [0.05, 0.1) is 0 Å². The number of unbranched alkanes of at least 4 members (excludes halogenated alkanes) is 6. The Bertz CT molecular complexity index is 117. The lowest BCUT2D eigenvalue weighted by atomic mass is 10.0. The maximum atomic E-state index is 13.2. The molecule has 0 spiro atoms. The Balaban J connectivity index is 3.06. The van der Waals surface area contributed by atoms with Crippen LogP contribution in [-0.2, 0) is 0 Å². The molecule has 2 heteroatoms.